The summed E-state index contributed by atoms with van der Waals surface area (Å²) in [5.41, 5.74) is 7.59. The van der Waals surface area contributed by atoms with Gasteiger partial charge in [-0.25, -0.2) is 9.97 Å². The van der Waals surface area contributed by atoms with Crippen molar-refractivity contribution in [2.75, 3.05) is 4.90 Å². The van der Waals surface area contributed by atoms with E-state index in [1.807, 2.05) is 85.1 Å². The van der Waals surface area contributed by atoms with E-state index in [0.29, 0.717) is 5.89 Å². The molecule has 0 saturated carbocycles. The molecule has 0 aliphatic rings. The lowest BCUT2D eigenvalue weighted by atomic mass is 10.1. The van der Waals surface area contributed by atoms with Crippen molar-refractivity contribution < 1.29 is 13.3 Å². The van der Waals surface area contributed by atoms with Crippen molar-refractivity contribution in [1.29, 1.82) is 0 Å². The van der Waals surface area contributed by atoms with E-state index in [0.717, 1.165) is 88.5 Å². The molecule has 0 unspecified atom stereocenters. The van der Waals surface area contributed by atoms with E-state index in [4.69, 9.17) is 23.2 Å². The summed E-state index contributed by atoms with van der Waals surface area (Å²) in [5, 5.41) is 6.21. The van der Waals surface area contributed by atoms with Crippen molar-refractivity contribution in [2.45, 2.75) is 0 Å². The molecular formula is C40H23N3O3. The predicted octanol–water partition coefficient (Wildman–Crippen LogP) is 11.3. The minimum atomic E-state index is 0.554. The van der Waals surface area contributed by atoms with Crippen molar-refractivity contribution in [1.82, 2.24) is 9.97 Å². The Labute approximate surface area is 261 Å². The highest BCUT2D eigenvalue weighted by atomic mass is 16.4. The number of rotatable bonds is 4. The second-order valence-corrected chi connectivity index (χ2v) is 11.4. The first-order valence-corrected chi connectivity index (χ1v) is 15.1. The van der Waals surface area contributed by atoms with Crippen LogP contribution in [0.1, 0.15) is 0 Å². The van der Waals surface area contributed by atoms with Crippen LogP contribution in [0.4, 0.5) is 17.2 Å². The highest BCUT2D eigenvalue weighted by Crippen LogP contribution is 2.42. The third kappa shape index (κ3) is 3.70. The number of furan rings is 2. The fourth-order valence-corrected chi connectivity index (χ4v) is 6.62. The van der Waals surface area contributed by atoms with E-state index in [1.54, 1.807) is 0 Å². The quantitative estimate of drug-likeness (QED) is 0.202. The van der Waals surface area contributed by atoms with Gasteiger partial charge in [0.25, 0.3) is 0 Å². The Morgan fingerprint density at radius 2 is 1.35 bits per heavy atom. The summed E-state index contributed by atoms with van der Waals surface area (Å²) in [4.78, 5) is 11.9. The molecule has 4 aromatic heterocycles. The largest absolute Gasteiger partial charge is 0.456 e. The topological polar surface area (TPSA) is 68.4 Å². The van der Waals surface area contributed by atoms with Crippen LogP contribution in [0.25, 0.3) is 77.2 Å². The molecule has 0 saturated heterocycles. The number of benzene rings is 6. The van der Waals surface area contributed by atoms with Gasteiger partial charge < -0.3 is 13.3 Å². The number of aromatic nitrogens is 2. The normalized spacial score (nSPS) is 11.9. The van der Waals surface area contributed by atoms with Gasteiger partial charge in [0.15, 0.2) is 5.58 Å². The van der Waals surface area contributed by atoms with Crippen molar-refractivity contribution in [2.24, 2.45) is 0 Å². The lowest BCUT2D eigenvalue weighted by Gasteiger charge is -2.24. The number of hydrogen-bond donors (Lipinski definition) is 0. The van der Waals surface area contributed by atoms with Gasteiger partial charge in [0.05, 0.1) is 0 Å². The summed E-state index contributed by atoms with van der Waals surface area (Å²) >= 11 is 0. The Bertz CT molecular complexity index is 2740. The standard InChI is InChI=1S/C40H23N3O3/c1-2-10-25(11-3-1)43(26-18-20-33-30(21-26)28-19-17-24-9-4-5-12-27(24)39(28)45-33)37-22-36-31(23-41-37)38-29(13-8-16-35(38)44-36)40-42-32-14-6-7-15-34(32)46-40/h1-23H. The van der Waals surface area contributed by atoms with Crippen LogP contribution in [-0.2, 0) is 0 Å². The maximum Gasteiger partial charge on any atom is 0.228 e. The van der Waals surface area contributed by atoms with Gasteiger partial charge in [0, 0.05) is 56.1 Å². The lowest BCUT2D eigenvalue weighted by molar-refractivity contribution is 0.620. The summed E-state index contributed by atoms with van der Waals surface area (Å²) in [6, 6.07) is 44.9. The molecule has 0 aliphatic heterocycles. The molecule has 4 heterocycles. The molecular weight excluding hydrogens is 570 g/mol. The van der Waals surface area contributed by atoms with E-state index in [2.05, 4.69) is 59.5 Å². The summed E-state index contributed by atoms with van der Waals surface area (Å²) in [5.74, 6) is 1.29. The highest BCUT2D eigenvalue weighted by Gasteiger charge is 2.21. The molecule has 10 rings (SSSR count). The van der Waals surface area contributed by atoms with Crippen molar-refractivity contribution in [3.63, 3.8) is 0 Å². The van der Waals surface area contributed by atoms with Crippen LogP contribution in [0.15, 0.2) is 153 Å². The molecule has 46 heavy (non-hydrogen) atoms. The molecule has 0 fully saturated rings. The zero-order chi connectivity index (χ0) is 30.2. The van der Waals surface area contributed by atoms with Crippen molar-refractivity contribution in [3.05, 3.63) is 140 Å². The van der Waals surface area contributed by atoms with Gasteiger partial charge >= 0.3 is 0 Å². The first-order valence-electron chi connectivity index (χ1n) is 15.1. The van der Waals surface area contributed by atoms with Crippen LogP contribution in [-0.4, -0.2) is 9.97 Å². The van der Waals surface area contributed by atoms with E-state index in [9.17, 15) is 0 Å². The molecule has 0 bridgehead atoms. The fraction of sp³-hybridized carbons (Fsp3) is 0. The van der Waals surface area contributed by atoms with Gasteiger partial charge in [-0.15, -0.1) is 0 Å². The summed E-state index contributed by atoms with van der Waals surface area (Å²) in [7, 11) is 0. The van der Waals surface area contributed by atoms with Crippen LogP contribution in [0, 0.1) is 0 Å². The number of oxazole rings is 1. The van der Waals surface area contributed by atoms with E-state index in [1.165, 1.54) is 0 Å². The number of para-hydroxylation sites is 3. The Hall–Kier alpha value is -6.40. The van der Waals surface area contributed by atoms with E-state index >= 15 is 0 Å². The molecule has 0 atom stereocenters. The Morgan fingerprint density at radius 1 is 0.500 bits per heavy atom. The van der Waals surface area contributed by atoms with Gasteiger partial charge in [-0.1, -0.05) is 66.7 Å². The fourth-order valence-electron chi connectivity index (χ4n) is 6.62. The molecule has 6 nitrogen and oxygen atoms in total. The average Bonchev–Trinajstić information content (AvgIpc) is 3.82. The second-order valence-electron chi connectivity index (χ2n) is 11.4. The van der Waals surface area contributed by atoms with Crippen LogP contribution in [0.5, 0.6) is 0 Å². The van der Waals surface area contributed by atoms with Gasteiger partial charge in [-0.3, -0.25) is 4.90 Å². The van der Waals surface area contributed by atoms with E-state index < -0.39 is 0 Å². The highest BCUT2D eigenvalue weighted by molar-refractivity contribution is 6.16. The first kappa shape index (κ1) is 25.0. The van der Waals surface area contributed by atoms with Gasteiger partial charge in [-0.2, -0.15) is 0 Å². The number of fused-ring (bicyclic) bond motifs is 9. The number of nitrogens with zero attached hydrogens (tertiary/aromatic N) is 3. The van der Waals surface area contributed by atoms with Crippen molar-refractivity contribution >= 4 is 82.9 Å². The second kappa shape index (κ2) is 9.55. The number of pyridine rings is 1. The van der Waals surface area contributed by atoms with Gasteiger partial charge in [0.1, 0.15) is 33.7 Å². The Kier molecular flexibility index (Phi) is 5.19. The molecule has 6 aromatic carbocycles. The first-order chi connectivity index (χ1) is 22.8. The third-order valence-electron chi connectivity index (χ3n) is 8.74. The van der Waals surface area contributed by atoms with Crippen LogP contribution < -0.4 is 4.90 Å². The summed E-state index contributed by atoms with van der Waals surface area (Å²) in [6.07, 6.45) is 1.89. The minimum absolute atomic E-state index is 0.554. The van der Waals surface area contributed by atoms with Crippen molar-refractivity contribution in [3.8, 4) is 11.5 Å². The van der Waals surface area contributed by atoms with Gasteiger partial charge in [-0.05, 0) is 66.0 Å². The number of anilines is 3. The third-order valence-corrected chi connectivity index (χ3v) is 8.74. The minimum Gasteiger partial charge on any atom is -0.456 e. The zero-order valence-electron chi connectivity index (χ0n) is 24.3. The molecule has 0 aliphatic carbocycles. The van der Waals surface area contributed by atoms with Crippen LogP contribution in [0.2, 0.25) is 0 Å². The molecule has 10 aromatic rings. The number of hydrogen-bond acceptors (Lipinski definition) is 6. The zero-order valence-corrected chi connectivity index (χ0v) is 24.3. The van der Waals surface area contributed by atoms with Crippen LogP contribution in [0.3, 0.4) is 0 Å². The monoisotopic (exact) mass is 593 g/mol. The Balaban J connectivity index is 1.15. The maximum absolute atomic E-state index is 6.46. The van der Waals surface area contributed by atoms with E-state index in [-0.39, 0.29) is 0 Å². The maximum atomic E-state index is 6.46. The smallest absolute Gasteiger partial charge is 0.228 e. The predicted molar refractivity (Wildman–Crippen MR) is 184 cm³/mol. The molecule has 216 valence electrons. The average molecular weight is 594 g/mol. The SMILES string of the molecule is c1ccc(N(c2ccc3oc4c5ccccc5ccc4c3c2)c2cc3oc4cccc(-c5nc6ccccc6o5)c4c3cn2)cc1. The molecule has 0 radical (unpaired) electrons. The van der Waals surface area contributed by atoms with Gasteiger partial charge in [0.2, 0.25) is 5.89 Å². The summed E-state index contributed by atoms with van der Waals surface area (Å²) < 4.78 is 19.0. The molecule has 0 spiro atoms. The molecule has 0 N–H and O–H groups in total. The molecule has 0 amide bonds. The van der Waals surface area contributed by atoms with Crippen LogP contribution >= 0.6 is 0 Å². The lowest BCUT2D eigenvalue weighted by Crippen LogP contribution is -2.11. The molecule has 6 heteroatoms. The summed E-state index contributed by atoms with van der Waals surface area (Å²) in [6.45, 7) is 0. The Morgan fingerprint density at radius 3 is 2.28 bits per heavy atom.